The van der Waals surface area contributed by atoms with Crippen LogP contribution in [-0.2, 0) is 9.59 Å². The number of thioether (sulfide) groups is 1. The molecule has 3 N–H and O–H groups in total. The summed E-state index contributed by atoms with van der Waals surface area (Å²) in [7, 11) is 3.03. The fourth-order valence-electron chi connectivity index (χ4n) is 4.26. The summed E-state index contributed by atoms with van der Waals surface area (Å²) in [6.45, 7) is 3.44. The molecule has 1 unspecified atom stereocenters. The number of aryl methyl sites for hydroxylation is 1. The van der Waals surface area contributed by atoms with Gasteiger partial charge in [0.05, 0.1) is 24.4 Å². The van der Waals surface area contributed by atoms with Crippen LogP contribution in [0.25, 0.3) is 6.08 Å². The van der Waals surface area contributed by atoms with Gasteiger partial charge < -0.3 is 25.4 Å². The first-order valence-corrected chi connectivity index (χ1v) is 14.9. The van der Waals surface area contributed by atoms with Gasteiger partial charge in [-0.15, -0.1) is 11.8 Å². The molecule has 4 aromatic carbocycles. The third kappa shape index (κ3) is 8.73. The predicted octanol–water partition coefficient (Wildman–Crippen LogP) is 6.45. The molecule has 11 nitrogen and oxygen atoms in total. The minimum Gasteiger partial charge on any atom is -0.493 e. The number of nitro groups is 1. The number of amides is 3. The summed E-state index contributed by atoms with van der Waals surface area (Å²) in [4.78, 5) is 50.5. The SMILES string of the molecule is COc1ccc(/C=C(\NC(=O)c2ccccc2)C(=O)Nc2ccc(SC(C)C(=O)Nc3ccc([N+](=O)[O-])cc3C)cc2)cc1OC. The monoisotopic (exact) mass is 640 g/mol. The third-order valence-corrected chi connectivity index (χ3v) is 7.83. The lowest BCUT2D eigenvalue weighted by Crippen LogP contribution is -2.30. The minimum atomic E-state index is -0.550. The quantitative estimate of drug-likeness (QED) is 0.0693. The molecule has 0 radical (unpaired) electrons. The van der Waals surface area contributed by atoms with E-state index in [4.69, 9.17) is 9.47 Å². The van der Waals surface area contributed by atoms with E-state index >= 15 is 0 Å². The number of ether oxygens (including phenoxy) is 2. The number of nitrogens with one attached hydrogen (secondary N) is 3. The Hall–Kier alpha value is -5.62. The van der Waals surface area contributed by atoms with Crippen LogP contribution < -0.4 is 25.4 Å². The number of anilines is 2. The largest absolute Gasteiger partial charge is 0.493 e. The van der Waals surface area contributed by atoms with E-state index in [0.717, 1.165) is 4.90 Å². The standard InChI is InChI=1S/C34H32N4O7S/c1-21-18-26(38(42)43)13-16-28(21)36-32(39)22(2)46-27-14-11-25(12-15-27)35-34(41)29(37-33(40)24-8-6-5-7-9-24)19-23-10-17-30(44-3)31(20-23)45-4/h5-20,22H,1-4H3,(H,35,41)(H,36,39)(H,37,40)/b29-19-. The molecule has 46 heavy (non-hydrogen) atoms. The smallest absolute Gasteiger partial charge is 0.272 e. The predicted molar refractivity (Wildman–Crippen MR) is 178 cm³/mol. The van der Waals surface area contributed by atoms with Crippen molar-refractivity contribution in [2.24, 2.45) is 0 Å². The first-order valence-electron chi connectivity index (χ1n) is 14.0. The normalized spacial score (nSPS) is 11.6. The van der Waals surface area contributed by atoms with Crippen molar-refractivity contribution in [2.75, 3.05) is 24.9 Å². The van der Waals surface area contributed by atoms with Gasteiger partial charge in [0.1, 0.15) is 5.70 Å². The van der Waals surface area contributed by atoms with Crippen molar-refractivity contribution in [3.05, 3.63) is 123 Å². The number of nitrogens with zero attached hydrogens (tertiary/aromatic N) is 1. The van der Waals surface area contributed by atoms with Crippen molar-refractivity contribution in [1.29, 1.82) is 0 Å². The molecule has 4 aromatic rings. The second-order valence-electron chi connectivity index (χ2n) is 9.98. The fourth-order valence-corrected chi connectivity index (χ4v) is 5.13. The van der Waals surface area contributed by atoms with Gasteiger partial charge in [0.25, 0.3) is 17.5 Å². The number of nitro benzene ring substituents is 1. The molecule has 0 fully saturated rings. The van der Waals surface area contributed by atoms with E-state index in [-0.39, 0.29) is 17.3 Å². The number of methoxy groups -OCH3 is 2. The van der Waals surface area contributed by atoms with Gasteiger partial charge in [0.15, 0.2) is 11.5 Å². The van der Waals surface area contributed by atoms with Crippen LogP contribution >= 0.6 is 11.8 Å². The van der Waals surface area contributed by atoms with Crippen LogP contribution in [-0.4, -0.2) is 42.1 Å². The van der Waals surface area contributed by atoms with Crippen molar-refractivity contribution >= 4 is 52.6 Å². The van der Waals surface area contributed by atoms with Gasteiger partial charge in [-0.1, -0.05) is 24.3 Å². The summed E-state index contributed by atoms with van der Waals surface area (Å²) in [6.07, 6.45) is 1.54. The first kappa shape index (κ1) is 33.3. The molecule has 1 atom stereocenters. The molecule has 3 amide bonds. The van der Waals surface area contributed by atoms with Crippen molar-refractivity contribution < 1.29 is 28.8 Å². The van der Waals surface area contributed by atoms with E-state index in [2.05, 4.69) is 16.0 Å². The van der Waals surface area contributed by atoms with Crippen LogP contribution in [0.3, 0.4) is 0 Å². The highest BCUT2D eigenvalue weighted by Crippen LogP contribution is 2.29. The number of carbonyl (C=O) groups excluding carboxylic acids is 3. The number of carbonyl (C=O) groups is 3. The van der Waals surface area contributed by atoms with Gasteiger partial charge >= 0.3 is 0 Å². The van der Waals surface area contributed by atoms with Gasteiger partial charge in [-0.3, -0.25) is 24.5 Å². The van der Waals surface area contributed by atoms with E-state index in [1.807, 2.05) is 0 Å². The Bertz CT molecular complexity index is 1780. The molecule has 0 heterocycles. The van der Waals surface area contributed by atoms with E-state index in [0.29, 0.717) is 39.6 Å². The van der Waals surface area contributed by atoms with Crippen LogP contribution in [0.1, 0.15) is 28.4 Å². The summed E-state index contributed by atoms with van der Waals surface area (Å²) in [6, 6.07) is 24.8. The molecule has 0 aliphatic rings. The van der Waals surface area contributed by atoms with Crippen LogP contribution in [0.15, 0.2) is 102 Å². The summed E-state index contributed by atoms with van der Waals surface area (Å²) in [5, 5.41) is 18.8. The van der Waals surface area contributed by atoms with E-state index in [1.54, 1.807) is 86.6 Å². The Morgan fingerprint density at radius 1 is 0.870 bits per heavy atom. The van der Waals surface area contributed by atoms with Crippen molar-refractivity contribution in [2.45, 2.75) is 24.0 Å². The number of hydrogen-bond acceptors (Lipinski definition) is 8. The number of non-ortho nitro benzene ring substituents is 1. The van der Waals surface area contributed by atoms with Gasteiger partial charge in [-0.05, 0) is 85.6 Å². The molecule has 4 rings (SSSR count). The van der Waals surface area contributed by atoms with Gasteiger partial charge in [-0.25, -0.2) is 0 Å². The summed E-state index contributed by atoms with van der Waals surface area (Å²) < 4.78 is 10.7. The Morgan fingerprint density at radius 2 is 1.57 bits per heavy atom. The molecule has 0 aromatic heterocycles. The van der Waals surface area contributed by atoms with E-state index < -0.39 is 22.0 Å². The molecule has 0 aliphatic carbocycles. The van der Waals surface area contributed by atoms with Crippen molar-refractivity contribution in [3.63, 3.8) is 0 Å². The number of benzene rings is 4. The lowest BCUT2D eigenvalue weighted by Gasteiger charge is -2.14. The molecular formula is C34H32N4O7S. The van der Waals surface area contributed by atoms with Crippen LogP contribution in [0, 0.1) is 17.0 Å². The topological polar surface area (TPSA) is 149 Å². The Balaban J connectivity index is 1.46. The summed E-state index contributed by atoms with van der Waals surface area (Å²) in [5.41, 5.74) is 2.49. The van der Waals surface area contributed by atoms with E-state index in [9.17, 15) is 24.5 Å². The average Bonchev–Trinajstić information content (AvgIpc) is 3.06. The average molecular weight is 641 g/mol. The fraction of sp³-hybridized carbons (Fsp3) is 0.147. The van der Waals surface area contributed by atoms with Crippen molar-refractivity contribution in [1.82, 2.24) is 5.32 Å². The van der Waals surface area contributed by atoms with Gasteiger partial charge in [-0.2, -0.15) is 0 Å². The molecule has 0 saturated carbocycles. The molecule has 0 saturated heterocycles. The van der Waals surface area contributed by atoms with Crippen LogP contribution in [0.5, 0.6) is 11.5 Å². The highest BCUT2D eigenvalue weighted by atomic mass is 32.2. The summed E-state index contributed by atoms with van der Waals surface area (Å²) in [5.74, 6) is -0.288. The second kappa shape index (κ2) is 15.4. The Kier molecular flexibility index (Phi) is 11.1. The number of rotatable bonds is 12. The van der Waals surface area contributed by atoms with Crippen LogP contribution in [0.4, 0.5) is 17.1 Å². The lowest BCUT2D eigenvalue weighted by atomic mass is 10.1. The molecule has 236 valence electrons. The van der Waals surface area contributed by atoms with E-state index in [1.165, 1.54) is 50.3 Å². The number of hydrogen-bond donors (Lipinski definition) is 3. The maximum Gasteiger partial charge on any atom is 0.272 e. The third-order valence-electron chi connectivity index (χ3n) is 6.72. The maximum absolute atomic E-state index is 13.4. The molecule has 12 heteroatoms. The Morgan fingerprint density at radius 3 is 2.20 bits per heavy atom. The second-order valence-corrected chi connectivity index (χ2v) is 11.4. The highest BCUT2D eigenvalue weighted by Gasteiger charge is 2.18. The Labute approximate surface area is 270 Å². The zero-order valence-electron chi connectivity index (χ0n) is 25.5. The molecule has 0 bridgehead atoms. The van der Waals surface area contributed by atoms with Crippen molar-refractivity contribution in [3.8, 4) is 11.5 Å². The summed E-state index contributed by atoms with van der Waals surface area (Å²) >= 11 is 1.31. The molecular weight excluding hydrogens is 608 g/mol. The molecule has 0 spiro atoms. The minimum absolute atomic E-state index is 0.00588. The first-order chi connectivity index (χ1) is 22.1. The maximum atomic E-state index is 13.4. The van der Waals surface area contributed by atoms with Crippen LogP contribution in [0.2, 0.25) is 0 Å². The van der Waals surface area contributed by atoms with Gasteiger partial charge in [0, 0.05) is 34.0 Å². The van der Waals surface area contributed by atoms with Gasteiger partial charge in [0.2, 0.25) is 5.91 Å². The zero-order valence-corrected chi connectivity index (χ0v) is 26.3. The zero-order chi connectivity index (χ0) is 33.2. The molecule has 0 aliphatic heterocycles. The highest BCUT2D eigenvalue weighted by molar-refractivity contribution is 8.00. The lowest BCUT2D eigenvalue weighted by molar-refractivity contribution is -0.384.